The second-order valence-corrected chi connectivity index (χ2v) is 8.98. The second-order valence-electron chi connectivity index (χ2n) is 7.43. The lowest BCUT2D eigenvalue weighted by Gasteiger charge is -2.09. The Labute approximate surface area is 192 Å². The van der Waals surface area contributed by atoms with Gasteiger partial charge in [0, 0.05) is 22.6 Å². The van der Waals surface area contributed by atoms with Gasteiger partial charge in [0.15, 0.2) is 5.65 Å². The van der Waals surface area contributed by atoms with E-state index in [1.54, 1.807) is 11.3 Å². The van der Waals surface area contributed by atoms with Crippen molar-refractivity contribution in [3.63, 3.8) is 0 Å². The van der Waals surface area contributed by atoms with Crippen molar-refractivity contribution in [1.29, 1.82) is 0 Å². The molecule has 156 valence electrons. The first kappa shape index (κ1) is 20.0. The highest BCUT2D eigenvalue weighted by Gasteiger charge is 2.16. The number of aromatic nitrogens is 7. The number of thiophene rings is 1. The summed E-state index contributed by atoms with van der Waals surface area (Å²) in [4.78, 5) is 10.8. The van der Waals surface area contributed by atoms with Gasteiger partial charge in [0.25, 0.3) is 0 Å². The lowest BCUT2D eigenvalue weighted by atomic mass is 10.1. The fourth-order valence-electron chi connectivity index (χ4n) is 3.84. The molecule has 0 aliphatic heterocycles. The molecule has 0 spiro atoms. The molecule has 4 heterocycles. The van der Waals surface area contributed by atoms with E-state index in [-0.39, 0.29) is 0 Å². The Kier molecular flexibility index (Phi) is 5.15. The molecule has 1 aromatic carbocycles. The van der Waals surface area contributed by atoms with E-state index < -0.39 is 0 Å². The van der Waals surface area contributed by atoms with Gasteiger partial charge in [-0.15, -0.1) is 21.5 Å². The van der Waals surface area contributed by atoms with Crippen LogP contribution in [0.2, 0.25) is 0 Å². The maximum Gasteiger partial charge on any atom is 0.207 e. The number of hydrogen-bond donors (Lipinski definition) is 0. The van der Waals surface area contributed by atoms with Crippen LogP contribution < -0.4 is 0 Å². The van der Waals surface area contributed by atoms with Crippen molar-refractivity contribution >= 4 is 38.6 Å². The van der Waals surface area contributed by atoms with Crippen molar-refractivity contribution in [3.05, 3.63) is 64.4 Å². The molecule has 0 aliphatic rings. The van der Waals surface area contributed by atoms with E-state index in [2.05, 4.69) is 85.7 Å². The molecule has 4 aromatic heterocycles. The summed E-state index contributed by atoms with van der Waals surface area (Å²) in [6, 6.07) is 12.8. The standard InChI is InChI=1S/C22H20BrN7S/c1-4-18-25-19-13(2)11-14(3)24-22(19)29(18)12-15-5-7-16(8-6-15)20-17(9-10-31-20)21-26-28-30(23)27-21/h5-11H,4,12H2,1-3H3. The number of fused-ring (bicyclic) bond motifs is 1. The second kappa shape index (κ2) is 7.97. The molecule has 0 radical (unpaired) electrons. The molecule has 9 heteroatoms. The average molecular weight is 494 g/mol. The van der Waals surface area contributed by atoms with E-state index in [0.717, 1.165) is 51.7 Å². The van der Waals surface area contributed by atoms with Crippen LogP contribution in [0.1, 0.15) is 29.6 Å². The zero-order valence-electron chi connectivity index (χ0n) is 17.4. The minimum Gasteiger partial charge on any atom is -0.308 e. The molecule has 0 amide bonds. The fraction of sp³-hybridized carbons (Fsp3) is 0.227. The van der Waals surface area contributed by atoms with E-state index >= 15 is 0 Å². The predicted octanol–water partition coefficient (Wildman–Crippen LogP) is 5.20. The summed E-state index contributed by atoms with van der Waals surface area (Å²) in [5, 5.41) is 14.3. The topological polar surface area (TPSA) is 74.3 Å². The molecule has 5 aromatic rings. The molecular formula is C22H20BrN7S. The van der Waals surface area contributed by atoms with Gasteiger partial charge in [-0.2, -0.15) is 0 Å². The maximum absolute atomic E-state index is 4.85. The number of tetrazole rings is 1. The van der Waals surface area contributed by atoms with Gasteiger partial charge in [-0.1, -0.05) is 35.0 Å². The molecule has 0 aliphatic carbocycles. The van der Waals surface area contributed by atoms with Crippen LogP contribution in [-0.4, -0.2) is 33.8 Å². The van der Waals surface area contributed by atoms with Gasteiger partial charge in [0.2, 0.25) is 5.82 Å². The highest BCUT2D eigenvalue weighted by Crippen LogP contribution is 2.35. The van der Waals surface area contributed by atoms with Crippen molar-refractivity contribution in [1.82, 2.24) is 33.8 Å². The van der Waals surface area contributed by atoms with Crippen molar-refractivity contribution in [2.75, 3.05) is 0 Å². The van der Waals surface area contributed by atoms with Crippen LogP contribution >= 0.6 is 27.5 Å². The fourth-order valence-corrected chi connectivity index (χ4v) is 4.96. The van der Waals surface area contributed by atoms with Crippen LogP contribution in [0.4, 0.5) is 0 Å². The molecule has 7 nitrogen and oxygen atoms in total. The Morgan fingerprint density at radius 3 is 2.58 bits per heavy atom. The molecule has 0 saturated heterocycles. The predicted molar refractivity (Wildman–Crippen MR) is 126 cm³/mol. The highest BCUT2D eigenvalue weighted by molar-refractivity contribution is 9.08. The minimum absolute atomic E-state index is 0.603. The molecule has 0 unspecified atom stereocenters. The Morgan fingerprint density at radius 1 is 1.06 bits per heavy atom. The highest BCUT2D eigenvalue weighted by atomic mass is 79.9. The van der Waals surface area contributed by atoms with Crippen LogP contribution in [0, 0.1) is 13.8 Å². The number of aryl methyl sites for hydroxylation is 3. The van der Waals surface area contributed by atoms with Gasteiger partial charge < -0.3 is 4.57 Å². The smallest absolute Gasteiger partial charge is 0.207 e. The quantitative estimate of drug-likeness (QED) is 0.336. The van der Waals surface area contributed by atoms with Crippen LogP contribution in [0.25, 0.3) is 33.0 Å². The third kappa shape index (κ3) is 3.68. The van der Waals surface area contributed by atoms with Gasteiger partial charge in [-0.3, -0.25) is 0 Å². The van der Waals surface area contributed by atoms with E-state index in [4.69, 9.17) is 9.97 Å². The molecule has 0 bridgehead atoms. The Balaban J connectivity index is 1.48. The van der Waals surface area contributed by atoms with Crippen molar-refractivity contribution in [2.24, 2.45) is 0 Å². The summed E-state index contributed by atoms with van der Waals surface area (Å²) < 4.78 is 3.53. The molecular weight excluding hydrogens is 474 g/mol. The first-order valence-corrected chi connectivity index (χ1v) is 11.6. The summed E-state index contributed by atoms with van der Waals surface area (Å²) in [7, 11) is 0. The molecule has 0 atom stereocenters. The van der Waals surface area contributed by atoms with E-state index in [1.165, 1.54) is 14.9 Å². The number of halogens is 1. The van der Waals surface area contributed by atoms with Crippen LogP contribution in [0.3, 0.4) is 0 Å². The molecule has 31 heavy (non-hydrogen) atoms. The van der Waals surface area contributed by atoms with Crippen molar-refractivity contribution in [3.8, 4) is 21.8 Å². The normalized spacial score (nSPS) is 11.5. The van der Waals surface area contributed by atoms with Gasteiger partial charge in [0.05, 0.1) is 6.54 Å². The monoisotopic (exact) mass is 493 g/mol. The van der Waals surface area contributed by atoms with Crippen LogP contribution in [0.5, 0.6) is 0 Å². The molecule has 0 N–H and O–H groups in total. The Bertz CT molecular complexity index is 1380. The number of imidazole rings is 1. The number of nitrogens with zero attached hydrogens (tertiary/aromatic N) is 7. The zero-order valence-corrected chi connectivity index (χ0v) is 19.8. The van der Waals surface area contributed by atoms with E-state index in [9.17, 15) is 0 Å². The van der Waals surface area contributed by atoms with Gasteiger partial charge in [0.1, 0.15) is 27.5 Å². The van der Waals surface area contributed by atoms with Crippen LogP contribution in [-0.2, 0) is 13.0 Å². The van der Waals surface area contributed by atoms with Gasteiger partial charge in [-0.25, -0.2) is 9.97 Å². The van der Waals surface area contributed by atoms with Gasteiger partial charge >= 0.3 is 0 Å². The van der Waals surface area contributed by atoms with Crippen molar-refractivity contribution < 1.29 is 0 Å². The largest absolute Gasteiger partial charge is 0.308 e. The number of benzene rings is 1. The molecule has 5 rings (SSSR count). The Hall–Kier alpha value is -2.91. The van der Waals surface area contributed by atoms with Crippen molar-refractivity contribution in [2.45, 2.75) is 33.7 Å². The Morgan fingerprint density at radius 2 is 1.87 bits per heavy atom. The summed E-state index contributed by atoms with van der Waals surface area (Å²) in [5.41, 5.74) is 7.47. The lowest BCUT2D eigenvalue weighted by molar-refractivity contribution is 0.745. The number of pyridine rings is 1. The minimum atomic E-state index is 0.603. The molecule has 0 saturated carbocycles. The first-order valence-electron chi connectivity index (χ1n) is 10.00. The number of hydrogen-bond acceptors (Lipinski definition) is 6. The number of rotatable bonds is 5. The lowest BCUT2D eigenvalue weighted by Crippen LogP contribution is -2.05. The first-order chi connectivity index (χ1) is 15.0. The summed E-state index contributed by atoms with van der Waals surface area (Å²) >= 11 is 4.87. The summed E-state index contributed by atoms with van der Waals surface area (Å²) in [6.07, 6.45) is 0.868. The molecule has 0 fully saturated rings. The van der Waals surface area contributed by atoms with E-state index in [1.807, 2.05) is 13.0 Å². The summed E-state index contributed by atoms with van der Waals surface area (Å²) in [6.45, 7) is 7.02. The average Bonchev–Trinajstić information content (AvgIpc) is 3.48. The maximum atomic E-state index is 4.85. The zero-order chi connectivity index (χ0) is 21.5. The summed E-state index contributed by atoms with van der Waals surface area (Å²) in [5.74, 6) is 1.66. The third-order valence-corrected chi connectivity index (χ3v) is 6.53. The van der Waals surface area contributed by atoms with E-state index in [0.29, 0.717) is 5.82 Å². The third-order valence-electron chi connectivity index (χ3n) is 5.27. The van der Waals surface area contributed by atoms with Gasteiger partial charge in [-0.05, 0) is 53.3 Å². The van der Waals surface area contributed by atoms with Crippen LogP contribution in [0.15, 0.2) is 41.8 Å². The SMILES string of the molecule is CCc1nc2c(C)cc(C)nc2n1Cc1ccc(-c2sccc2-c2nnn(Br)n2)cc1.